The minimum Gasteiger partial charge on any atom is -0.463 e. The van der Waals surface area contributed by atoms with E-state index in [0.717, 1.165) is 0 Å². The van der Waals surface area contributed by atoms with Crippen molar-refractivity contribution in [3.05, 3.63) is 65.2 Å². The number of nitriles is 1. The molecule has 0 radical (unpaired) electrons. The summed E-state index contributed by atoms with van der Waals surface area (Å²) in [5, 5.41) is 12.0. The lowest BCUT2D eigenvalue weighted by molar-refractivity contribution is -0.137. The molecule has 126 valence electrons. The number of nitrogens with one attached hydrogen (secondary N) is 1. The van der Waals surface area contributed by atoms with Crippen molar-refractivity contribution < 1.29 is 14.3 Å². The Hall–Kier alpha value is -3.59. The smallest absolute Gasteiger partial charge is 0.330 e. The summed E-state index contributed by atoms with van der Waals surface area (Å²) in [6.45, 7) is 1.99. The number of rotatable bonds is 5. The maximum absolute atomic E-state index is 12.2. The fraction of sp³-hybridized carbons (Fsp3) is 0.105. The number of amides is 1. The standard InChI is InChI=1S/C19H17N3O3/c1-2-25-18(23)9-7-13-6-8-17(11-15(13)12-20)22-19(24)14-4-3-5-16(21)10-14/h3-11H,2,21H2,1H3,(H,22,24)/b9-7+. The SMILES string of the molecule is CCOC(=O)/C=C/c1ccc(NC(=O)c2cccc(N)c2)cc1C#N. The van der Waals surface area contributed by atoms with Gasteiger partial charge in [0.25, 0.3) is 5.91 Å². The molecule has 0 saturated heterocycles. The molecule has 1 amide bonds. The van der Waals surface area contributed by atoms with Crippen LogP contribution in [0.25, 0.3) is 6.08 Å². The fourth-order valence-electron chi connectivity index (χ4n) is 2.11. The average Bonchev–Trinajstić information content (AvgIpc) is 2.60. The van der Waals surface area contributed by atoms with Gasteiger partial charge in [0.15, 0.2) is 0 Å². The monoisotopic (exact) mass is 335 g/mol. The molecule has 0 heterocycles. The maximum atomic E-state index is 12.2. The number of anilines is 2. The lowest BCUT2D eigenvalue weighted by Gasteiger charge is -2.07. The van der Waals surface area contributed by atoms with Crippen LogP contribution in [0, 0.1) is 11.3 Å². The summed E-state index contributed by atoms with van der Waals surface area (Å²) in [5.74, 6) is -0.809. The van der Waals surface area contributed by atoms with Crippen molar-refractivity contribution in [3.8, 4) is 6.07 Å². The normalized spacial score (nSPS) is 10.2. The highest BCUT2D eigenvalue weighted by atomic mass is 16.5. The predicted molar refractivity (Wildman–Crippen MR) is 95.6 cm³/mol. The molecule has 0 fully saturated rings. The minimum atomic E-state index is -0.481. The van der Waals surface area contributed by atoms with E-state index in [4.69, 9.17) is 10.5 Å². The van der Waals surface area contributed by atoms with Gasteiger partial charge in [0, 0.05) is 23.0 Å². The molecule has 0 atom stereocenters. The third-order valence-corrected chi connectivity index (χ3v) is 3.27. The van der Waals surface area contributed by atoms with Crippen LogP contribution in [-0.4, -0.2) is 18.5 Å². The lowest BCUT2D eigenvalue weighted by Crippen LogP contribution is -2.12. The second-order valence-corrected chi connectivity index (χ2v) is 5.08. The second-order valence-electron chi connectivity index (χ2n) is 5.08. The largest absolute Gasteiger partial charge is 0.463 e. The van der Waals surface area contributed by atoms with Gasteiger partial charge < -0.3 is 15.8 Å². The van der Waals surface area contributed by atoms with Gasteiger partial charge in [-0.15, -0.1) is 0 Å². The number of carbonyl (C=O) groups excluding carboxylic acids is 2. The van der Waals surface area contributed by atoms with Gasteiger partial charge in [0.2, 0.25) is 0 Å². The number of nitrogens with two attached hydrogens (primary N) is 1. The van der Waals surface area contributed by atoms with E-state index < -0.39 is 5.97 Å². The van der Waals surface area contributed by atoms with Crippen LogP contribution in [0.1, 0.15) is 28.4 Å². The summed E-state index contributed by atoms with van der Waals surface area (Å²) < 4.78 is 4.80. The predicted octanol–water partition coefficient (Wildman–Crippen LogP) is 2.97. The summed E-state index contributed by atoms with van der Waals surface area (Å²) >= 11 is 0. The Kier molecular flexibility index (Phi) is 5.91. The Morgan fingerprint density at radius 1 is 1.28 bits per heavy atom. The molecule has 0 unspecified atom stereocenters. The van der Waals surface area contributed by atoms with Crippen LogP contribution in [0.3, 0.4) is 0 Å². The van der Waals surface area contributed by atoms with Gasteiger partial charge in [-0.25, -0.2) is 4.79 Å². The third kappa shape index (κ3) is 4.94. The van der Waals surface area contributed by atoms with Crippen molar-refractivity contribution in [3.63, 3.8) is 0 Å². The molecule has 6 heteroatoms. The molecule has 2 aromatic rings. The van der Waals surface area contributed by atoms with Crippen molar-refractivity contribution in [2.45, 2.75) is 6.92 Å². The Morgan fingerprint density at radius 2 is 2.08 bits per heavy atom. The molecule has 0 spiro atoms. The second kappa shape index (κ2) is 8.31. The van der Waals surface area contributed by atoms with Crippen LogP contribution < -0.4 is 11.1 Å². The van der Waals surface area contributed by atoms with Crippen molar-refractivity contribution in [1.82, 2.24) is 0 Å². The van der Waals surface area contributed by atoms with E-state index in [-0.39, 0.29) is 12.5 Å². The van der Waals surface area contributed by atoms with E-state index in [9.17, 15) is 14.9 Å². The van der Waals surface area contributed by atoms with E-state index >= 15 is 0 Å². The van der Waals surface area contributed by atoms with Crippen LogP contribution in [0.4, 0.5) is 11.4 Å². The Labute approximate surface area is 145 Å². The van der Waals surface area contributed by atoms with Gasteiger partial charge in [0.05, 0.1) is 18.2 Å². The molecule has 0 aliphatic carbocycles. The van der Waals surface area contributed by atoms with E-state index in [1.165, 1.54) is 18.2 Å². The zero-order valence-electron chi connectivity index (χ0n) is 13.7. The van der Waals surface area contributed by atoms with Gasteiger partial charge in [-0.1, -0.05) is 12.1 Å². The maximum Gasteiger partial charge on any atom is 0.330 e. The first-order chi connectivity index (χ1) is 12.0. The van der Waals surface area contributed by atoms with Crippen molar-refractivity contribution in [2.75, 3.05) is 17.7 Å². The molecule has 0 saturated carbocycles. The van der Waals surface area contributed by atoms with E-state index in [0.29, 0.717) is 28.1 Å². The van der Waals surface area contributed by atoms with E-state index in [1.807, 2.05) is 6.07 Å². The molecule has 0 bridgehead atoms. The number of esters is 1. The Balaban J connectivity index is 2.17. The fourth-order valence-corrected chi connectivity index (χ4v) is 2.11. The number of ether oxygens (including phenoxy) is 1. The van der Waals surface area contributed by atoms with Gasteiger partial charge in [0.1, 0.15) is 0 Å². The van der Waals surface area contributed by atoms with Crippen molar-refractivity contribution in [1.29, 1.82) is 5.26 Å². The first-order valence-corrected chi connectivity index (χ1v) is 7.59. The number of hydrogen-bond acceptors (Lipinski definition) is 5. The summed E-state index contributed by atoms with van der Waals surface area (Å²) in [6, 6.07) is 13.5. The van der Waals surface area contributed by atoms with Crippen molar-refractivity contribution >= 4 is 29.3 Å². The number of carbonyl (C=O) groups is 2. The summed E-state index contributed by atoms with van der Waals surface area (Å²) in [4.78, 5) is 23.6. The molecular formula is C19H17N3O3. The molecule has 2 aromatic carbocycles. The molecule has 0 aliphatic heterocycles. The van der Waals surface area contributed by atoms with Crippen molar-refractivity contribution in [2.24, 2.45) is 0 Å². The van der Waals surface area contributed by atoms with Gasteiger partial charge in [-0.2, -0.15) is 5.26 Å². The highest BCUT2D eigenvalue weighted by Crippen LogP contribution is 2.18. The quantitative estimate of drug-likeness (QED) is 0.496. The summed E-state index contributed by atoms with van der Waals surface area (Å²) in [5.41, 5.74) is 7.93. The van der Waals surface area contributed by atoms with Crippen LogP contribution in [0.2, 0.25) is 0 Å². The van der Waals surface area contributed by atoms with Crippen LogP contribution in [0.15, 0.2) is 48.5 Å². The third-order valence-electron chi connectivity index (χ3n) is 3.27. The molecule has 3 N–H and O–H groups in total. The van der Waals surface area contributed by atoms with Crippen LogP contribution >= 0.6 is 0 Å². The molecule has 6 nitrogen and oxygen atoms in total. The van der Waals surface area contributed by atoms with Crippen LogP contribution in [0.5, 0.6) is 0 Å². The Bertz CT molecular complexity index is 866. The Morgan fingerprint density at radius 3 is 2.76 bits per heavy atom. The molecule has 0 aliphatic rings. The summed E-state index contributed by atoms with van der Waals surface area (Å²) in [7, 11) is 0. The minimum absolute atomic E-state index is 0.281. The van der Waals surface area contributed by atoms with E-state index in [2.05, 4.69) is 5.32 Å². The number of hydrogen-bond donors (Lipinski definition) is 2. The van der Waals surface area contributed by atoms with Gasteiger partial charge in [-0.3, -0.25) is 4.79 Å². The first kappa shape index (κ1) is 17.8. The highest BCUT2D eigenvalue weighted by molar-refractivity contribution is 6.04. The van der Waals surface area contributed by atoms with E-state index in [1.54, 1.807) is 43.3 Å². The topological polar surface area (TPSA) is 105 Å². The molecule has 2 rings (SSSR count). The lowest BCUT2D eigenvalue weighted by atomic mass is 10.1. The highest BCUT2D eigenvalue weighted by Gasteiger charge is 2.08. The molecule has 25 heavy (non-hydrogen) atoms. The average molecular weight is 335 g/mol. The van der Waals surface area contributed by atoms with Crippen LogP contribution in [-0.2, 0) is 9.53 Å². The first-order valence-electron chi connectivity index (χ1n) is 7.59. The number of benzene rings is 2. The molecule has 0 aromatic heterocycles. The summed E-state index contributed by atoms with van der Waals surface area (Å²) in [6.07, 6.45) is 2.75. The zero-order valence-corrected chi connectivity index (χ0v) is 13.7. The van der Waals surface area contributed by atoms with Gasteiger partial charge in [-0.05, 0) is 48.9 Å². The zero-order chi connectivity index (χ0) is 18.2. The number of nitrogens with zero attached hydrogens (tertiary/aromatic N) is 1. The molecular weight excluding hydrogens is 318 g/mol. The van der Waals surface area contributed by atoms with Gasteiger partial charge >= 0.3 is 5.97 Å². The number of nitrogen functional groups attached to an aromatic ring is 1.